The fraction of sp³-hybridized carbons (Fsp3) is 0.154. The highest BCUT2D eigenvalue weighted by molar-refractivity contribution is 6.33. The van der Waals surface area contributed by atoms with E-state index >= 15 is 0 Å². The van der Waals surface area contributed by atoms with Gasteiger partial charge in [-0.05, 0) is 12.1 Å². The van der Waals surface area contributed by atoms with Gasteiger partial charge in [0.05, 0.1) is 18.7 Å². The van der Waals surface area contributed by atoms with Crippen molar-refractivity contribution >= 4 is 29.1 Å². The number of anilines is 3. The second-order valence-electron chi connectivity index (χ2n) is 3.80. The molecule has 1 aromatic heterocycles. The summed E-state index contributed by atoms with van der Waals surface area (Å²) in [5, 5.41) is 9.16. The van der Waals surface area contributed by atoms with Crippen LogP contribution in [0.5, 0.6) is 0 Å². The molecule has 0 fully saturated rings. The molecule has 0 saturated heterocycles. The third-order valence-electron chi connectivity index (χ3n) is 2.51. The molecule has 2 N–H and O–H groups in total. The first kappa shape index (κ1) is 13.1. The summed E-state index contributed by atoms with van der Waals surface area (Å²) in [7, 11) is 0. The van der Waals surface area contributed by atoms with Crippen molar-refractivity contribution in [3.05, 3.63) is 41.6 Å². The quantitative estimate of drug-likeness (QED) is 0.926. The maximum atomic E-state index is 8.77. The Hall–Kier alpha value is -2.32. The fourth-order valence-corrected chi connectivity index (χ4v) is 1.88. The molecule has 0 atom stereocenters. The van der Waals surface area contributed by atoms with E-state index in [9.17, 15) is 0 Å². The van der Waals surface area contributed by atoms with Crippen molar-refractivity contribution in [1.29, 1.82) is 5.26 Å². The van der Waals surface area contributed by atoms with Gasteiger partial charge in [0.25, 0.3) is 0 Å². The minimum atomic E-state index is 0.150. The Morgan fingerprint density at radius 2 is 2.05 bits per heavy atom. The van der Waals surface area contributed by atoms with Crippen molar-refractivity contribution < 1.29 is 0 Å². The van der Waals surface area contributed by atoms with Crippen LogP contribution in [0.3, 0.4) is 0 Å². The summed E-state index contributed by atoms with van der Waals surface area (Å²) in [5.41, 5.74) is 6.50. The van der Waals surface area contributed by atoms with E-state index < -0.39 is 0 Å². The second kappa shape index (κ2) is 6.03. The number of rotatable bonds is 4. The molecule has 0 spiro atoms. The smallest absolute Gasteiger partial charge is 0.222 e. The maximum Gasteiger partial charge on any atom is 0.222 e. The van der Waals surface area contributed by atoms with Crippen molar-refractivity contribution in [1.82, 2.24) is 9.97 Å². The third kappa shape index (κ3) is 3.12. The molecule has 0 bridgehead atoms. The zero-order chi connectivity index (χ0) is 13.7. The minimum absolute atomic E-state index is 0.150. The lowest BCUT2D eigenvalue weighted by atomic mass is 10.2. The maximum absolute atomic E-state index is 8.77. The van der Waals surface area contributed by atoms with Gasteiger partial charge < -0.3 is 10.6 Å². The molecule has 0 saturated carbocycles. The van der Waals surface area contributed by atoms with Gasteiger partial charge in [0.2, 0.25) is 5.95 Å². The Balaban J connectivity index is 2.43. The number of nitrogen functional groups attached to an aromatic ring is 1. The molecule has 5 nitrogen and oxygen atoms in total. The average Bonchev–Trinajstić information content (AvgIpc) is 2.44. The van der Waals surface area contributed by atoms with Gasteiger partial charge in [-0.3, -0.25) is 0 Å². The molecule has 1 aromatic carbocycles. The zero-order valence-corrected chi connectivity index (χ0v) is 10.9. The van der Waals surface area contributed by atoms with E-state index in [0.29, 0.717) is 23.8 Å². The zero-order valence-electron chi connectivity index (χ0n) is 10.1. The molecule has 0 aliphatic carbocycles. The van der Waals surface area contributed by atoms with Crippen LogP contribution in [0, 0.1) is 11.3 Å². The number of para-hydroxylation sites is 1. The molecule has 0 unspecified atom stereocenters. The van der Waals surface area contributed by atoms with E-state index in [1.807, 2.05) is 35.2 Å². The molecule has 2 aromatic rings. The van der Waals surface area contributed by atoms with Crippen molar-refractivity contribution in [3.8, 4) is 6.07 Å². The largest absolute Gasteiger partial charge is 0.368 e. The minimum Gasteiger partial charge on any atom is -0.368 e. The Bertz CT molecular complexity index is 594. The van der Waals surface area contributed by atoms with Crippen LogP contribution in [-0.4, -0.2) is 16.5 Å². The number of halogens is 1. The number of aromatic nitrogens is 2. The van der Waals surface area contributed by atoms with Crippen LogP contribution in [0.4, 0.5) is 17.5 Å². The van der Waals surface area contributed by atoms with Gasteiger partial charge in [-0.15, -0.1) is 0 Å². The van der Waals surface area contributed by atoms with Gasteiger partial charge in [0, 0.05) is 12.2 Å². The van der Waals surface area contributed by atoms with E-state index in [1.54, 1.807) is 0 Å². The summed E-state index contributed by atoms with van der Waals surface area (Å²) in [6.07, 6.45) is 1.82. The summed E-state index contributed by atoms with van der Waals surface area (Å²) in [6, 6.07) is 11.7. The summed E-state index contributed by atoms with van der Waals surface area (Å²) in [5.74, 6) is 0.660. The number of hydrogen-bond acceptors (Lipinski definition) is 5. The molecule has 6 heteroatoms. The average molecular weight is 274 g/mol. The van der Waals surface area contributed by atoms with Gasteiger partial charge in [-0.1, -0.05) is 29.8 Å². The van der Waals surface area contributed by atoms with E-state index in [1.165, 1.54) is 6.20 Å². The van der Waals surface area contributed by atoms with E-state index in [-0.39, 0.29) is 5.95 Å². The predicted octanol–water partition coefficient (Wildman–Crippen LogP) is 2.76. The van der Waals surface area contributed by atoms with Gasteiger partial charge in [-0.2, -0.15) is 10.2 Å². The highest BCUT2D eigenvalue weighted by Crippen LogP contribution is 2.29. The van der Waals surface area contributed by atoms with Crippen molar-refractivity contribution in [3.63, 3.8) is 0 Å². The lowest BCUT2D eigenvalue weighted by molar-refractivity contribution is 0.923. The third-order valence-corrected chi connectivity index (χ3v) is 2.78. The molecule has 1 heterocycles. The number of nitrogens with two attached hydrogens (primary N) is 1. The highest BCUT2D eigenvalue weighted by Gasteiger charge is 2.14. The van der Waals surface area contributed by atoms with Crippen LogP contribution in [-0.2, 0) is 0 Å². The Morgan fingerprint density at radius 1 is 1.32 bits per heavy atom. The highest BCUT2D eigenvalue weighted by atomic mass is 35.5. The summed E-state index contributed by atoms with van der Waals surface area (Å²) in [4.78, 5) is 9.84. The molecule has 96 valence electrons. The Labute approximate surface area is 116 Å². The number of nitrogens with zero attached hydrogens (tertiary/aromatic N) is 4. The monoisotopic (exact) mass is 273 g/mol. The van der Waals surface area contributed by atoms with Gasteiger partial charge >= 0.3 is 0 Å². The molecular formula is C13H12ClN5. The second-order valence-corrected chi connectivity index (χ2v) is 4.20. The predicted molar refractivity (Wildman–Crippen MR) is 75.1 cm³/mol. The molecule has 0 aliphatic heterocycles. The molecule has 19 heavy (non-hydrogen) atoms. The molecule has 0 radical (unpaired) electrons. The molecule has 2 rings (SSSR count). The van der Waals surface area contributed by atoms with E-state index in [4.69, 9.17) is 22.6 Å². The summed E-state index contributed by atoms with van der Waals surface area (Å²) >= 11 is 6.11. The van der Waals surface area contributed by atoms with E-state index in [0.717, 1.165) is 5.69 Å². The molecule has 0 aliphatic rings. The summed E-state index contributed by atoms with van der Waals surface area (Å²) in [6.45, 7) is 0.483. The van der Waals surface area contributed by atoms with Crippen molar-refractivity contribution in [2.75, 3.05) is 17.2 Å². The Morgan fingerprint density at radius 3 is 2.74 bits per heavy atom. The number of benzene rings is 1. The SMILES string of the molecule is N#CCCN(c1ccccc1)c1nc(N)ncc1Cl. The van der Waals surface area contributed by atoms with Crippen molar-refractivity contribution in [2.24, 2.45) is 0 Å². The first-order valence-electron chi connectivity index (χ1n) is 5.70. The van der Waals surface area contributed by atoms with E-state index in [2.05, 4.69) is 16.0 Å². The van der Waals surface area contributed by atoms with Crippen LogP contribution in [0.15, 0.2) is 36.5 Å². The van der Waals surface area contributed by atoms with Crippen LogP contribution >= 0.6 is 11.6 Å². The van der Waals surface area contributed by atoms with Gasteiger partial charge in [0.15, 0.2) is 5.82 Å². The van der Waals surface area contributed by atoms with Crippen LogP contribution in [0.1, 0.15) is 6.42 Å². The normalized spacial score (nSPS) is 9.89. The van der Waals surface area contributed by atoms with Crippen LogP contribution in [0.25, 0.3) is 0 Å². The van der Waals surface area contributed by atoms with Crippen molar-refractivity contribution in [2.45, 2.75) is 6.42 Å². The fourth-order valence-electron chi connectivity index (χ4n) is 1.69. The first-order valence-corrected chi connectivity index (χ1v) is 6.07. The van der Waals surface area contributed by atoms with Crippen LogP contribution in [0.2, 0.25) is 5.02 Å². The molecule has 0 amide bonds. The lowest BCUT2D eigenvalue weighted by Gasteiger charge is -2.23. The standard InChI is InChI=1S/C13H12ClN5/c14-11-9-17-13(16)18-12(11)19(8-4-7-15)10-5-2-1-3-6-10/h1-3,5-6,9H,4,8H2,(H2,16,17,18). The Kier molecular flexibility index (Phi) is 4.16. The first-order chi connectivity index (χ1) is 9.22. The number of nitriles is 1. The lowest BCUT2D eigenvalue weighted by Crippen LogP contribution is -2.20. The number of hydrogen-bond donors (Lipinski definition) is 1. The van der Waals surface area contributed by atoms with Crippen LogP contribution < -0.4 is 10.6 Å². The van der Waals surface area contributed by atoms with Gasteiger partial charge in [-0.25, -0.2) is 4.98 Å². The summed E-state index contributed by atoms with van der Waals surface area (Å²) < 4.78 is 0. The van der Waals surface area contributed by atoms with Gasteiger partial charge in [0.1, 0.15) is 5.02 Å². The molecular weight excluding hydrogens is 262 g/mol. The topological polar surface area (TPSA) is 78.8 Å².